The lowest BCUT2D eigenvalue weighted by Gasteiger charge is -2.33. The van der Waals surface area contributed by atoms with Crippen molar-refractivity contribution in [2.75, 3.05) is 39.3 Å². The van der Waals surface area contributed by atoms with Gasteiger partial charge in [0.2, 0.25) is 11.8 Å². The molecule has 1 aromatic rings. The maximum Gasteiger partial charge on any atom is 0.246 e. The maximum atomic E-state index is 13.5. The fraction of sp³-hybridized carbons (Fsp3) is 0.444. The molecule has 6 heteroatoms. The minimum absolute atomic E-state index is 0.0241. The van der Waals surface area contributed by atoms with Crippen LogP contribution in [0.5, 0.6) is 0 Å². The second-order valence-electron chi connectivity index (χ2n) is 5.81. The first-order valence-electron chi connectivity index (χ1n) is 8.30. The number of piperazine rings is 1. The number of benzene rings is 1. The SMILES string of the molecule is CCCNC(=O)CN1CCN(C(=O)/C=C/c2ccccc2F)CC1. The summed E-state index contributed by atoms with van der Waals surface area (Å²) in [5.41, 5.74) is 0.400. The van der Waals surface area contributed by atoms with E-state index in [1.165, 1.54) is 18.2 Å². The zero-order valence-electron chi connectivity index (χ0n) is 14.0. The normalized spacial score (nSPS) is 15.7. The number of carbonyl (C=O) groups is 2. The predicted octanol–water partition coefficient (Wildman–Crippen LogP) is 1.51. The molecule has 0 aromatic heterocycles. The third-order valence-electron chi connectivity index (χ3n) is 3.93. The number of rotatable bonds is 6. The average molecular weight is 333 g/mol. The van der Waals surface area contributed by atoms with Crippen LogP contribution in [0, 0.1) is 5.82 Å². The molecule has 2 rings (SSSR count). The molecule has 24 heavy (non-hydrogen) atoms. The van der Waals surface area contributed by atoms with E-state index in [-0.39, 0.29) is 17.6 Å². The lowest BCUT2D eigenvalue weighted by molar-refractivity contribution is -0.128. The van der Waals surface area contributed by atoms with Gasteiger partial charge in [-0.2, -0.15) is 0 Å². The summed E-state index contributed by atoms with van der Waals surface area (Å²) in [6, 6.07) is 6.35. The van der Waals surface area contributed by atoms with Crippen molar-refractivity contribution in [3.63, 3.8) is 0 Å². The van der Waals surface area contributed by atoms with Gasteiger partial charge in [0.25, 0.3) is 0 Å². The van der Waals surface area contributed by atoms with Gasteiger partial charge in [0.05, 0.1) is 6.54 Å². The molecule has 0 atom stereocenters. The highest BCUT2D eigenvalue weighted by molar-refractivity contribution is 5.91. The fourth-order valence-electron chi connectivity index (χ4n) is 2.53. The molecule has 0 unspecified atom stereocenters. The van der Waals surface area contributed by atoms with Crippen molar-refractivity contribution in [2.45, 2.75) is 13.3 Å². The number of nitrogens with one attached hydrogen (secondary N) is 1. The molecule has 2 amide bonds. The summed E-state index contributed by atoms with van der Waals surface area (Å²) in [6.45, 7) is 5.55. The summed E-state index contributed by atoms with van der Waals surface area (Å²) in [7, 11) is 0. The Kier molecular flexibility index (Phi) is 6.93. The van der Waals surface area contributed by atoms with Crippen LogP contribution in [0.15, 0.2) is 30.3 Å². The number of amides is 2. The van der Waals surface area contributed by atoms with Crippen LogP contribution in [-0.4, -0.2) is 60.9 Å². The average Bonchev–Trinajstić information content (AvgIpc) is 2.59. The molecule has 1 aliphatic heterocycles. The highest BCUT2D eigenvalue weighted by atomic mass is 19.1. The Bertz CT molecular complexity index is 596. The summed E-state index contributed by atoms with van der Waals surface area (Å²) >= 11 is 0. The summed E-state index contributed by atoms with van der Waals surface area (Å²) in [5, 5.41) is 2.85. The van der Waals surface area contributed by atoms with Gasteiger partial charge in [-0.15, -0.1) is 0 Å². The molecule has 0 radical (unpaired) electrons. The molecule has 1 saturated heterocycles. The van der Waals surface area contributed by atoms with Gasteiger partial charge in [-0.1, -0.05) is 25.1 Å². The minimum atomic E-state index is -0.343. The number of carbonyl (C=O) groups excluding carboxylic acids is 2. The quantitative estimate of drug-likeness (QED) is 0.803. The number of nitrogens with zero attached hydrogens (tertiary/aromatic N) is 2. The molecule has 1 aromatic carbocycles. The first-order valence-corrected chi connectivity index (χ1v) is 8.30. The molecule has 1 N–H and O–H groups in total. The lowest BCUT2D eigenvalue weighted by atomic mass is 10.2. The largest absolute Gasteiger partial charge is 0.355 e. The van der Waals surface area contributed by atoms with Gasteiger partial charge in [-0.05, 0) is 18.6 Å². The fourth-order valence-corrected chi connectivity index (χ4v) is 2.53. The Morgan fingerprint density at radius 1 is 1.21 bits per heavy atom. The van der Waals surface area contributed by atoms with Crippen LogP contribution in [0.25, 0.3) is 6.08 Å². The molecule has 1 fully saturated rings. The van der Waals surface area contributed by atoms with Crippen molar-refractivity contribution in [3.8, 4) is 0 Å². The molecular formula is C18H24FN3O2. The lowest BCUT2D eigenvalue weighted by Crippen LogP contribution is -2.50. The Hall–Kier alpha value is -2.21. The van der Waals surface area contributed by atoms with Crippen LogP contribution < -0.4 is 5.32 Å². The molecule has 0 spiro atoms. The second kappa shape index (κ2) is 9.17. The Morgan fingerprint density at radius 3 is 2.58 bits per heavy atom. The van der Waals surface area contributed by atoms with Crippen molar-refractivity contribution < 1.29 is 14.0 Å². The van der Waals surface area contributed by atoms with Crippen molar-refractivity contribution in [1.82, 2.24) is 15.1 Å². The van der Waals surface area contributed by atoms with E-state index >= 15 is 0 Å². The van der Waals surface area contributed by atoms with E-state index in [4.69, 9.17) is 0 Å². The predicted molar refractivity (Wildman–Crippen MR) is 91.8 cm³/mol. The van der Waals surface area contributed by atoms with E-state index in [0.29, 0.717) is 44.8 Å². The summed E-state index contributed by atoms with van der Waals surface area (Å²) in [5.74, 6) is -0.450. The molecule has 0 saturated carbocycles. The maximum absolute atomic E-state index is 13.5. The second-order valence-corrected chi connectivity index (χ2v) is 5.81. The van der Waals surface area contributed by atoms with E-state index in [1.807, 2.05) is 11.8 Å². The molecule has 0 bridgehead atoms. The summed E-state index contributed by atoms with van der Waals surface area (Å²) < 4.78 is 13.5. The zero-order chi connectivity index (χ0) is 17.4. The third kappa shape index (κ3) is 5.45. The highest BCUT2D eigenvalue weighted by Gasteiger charge is 2.21. The van der Waals surface area contributed by atoms with Crippen LogP contribution >= 0.6 is 0 Å². The topological polar surface area (TPSA) is 52.7 Å². The molecule has 1 heterocycles. The van der Waals surface area contributed by atoms with E-state index in [9.17, 15) is 14.0 Å². The van der Waals surface area contributed by atoms with Crippen molar-refractivity contribution in [1.29, 1.82) is 0 Å². The smallest absolute Gasteiger partial charge is 0.246 e. The first-order chi connectivity index (χ1) is 11.6. The van der Waals surface area contributed by atoms with E-state index in [1.54, 1.807) is 23.1 Å². The van der Waals surface area contributed by atoms with Crippen molar-refractivity contribution >= 4 is 17.9 Å². The Morgan fingerprint density at radius 2 is 1.92 bits per heavy atom. The molecular weight excluding hydrogens is 309 g/mol. The van der Waals surface area contributed by atoms with Crippen LogP contribution in [0.1, 0.15) is 18.9 Å². The van der Waals surface area contributed by atoms with Gasteiger partial charge in [0.1, 0.15) is 5.82 Å². The molecule has 1 aliphatic rings. The van der Waals surface area contributed by atoms with Crippen molar-refractivity contribution in [2.24, 2.45) is 0 Å². The number of halogens is 1. The number of hydrogen-bond acceptors (Lipinski definition) is 3. The van der Waals surface area contributed by atoms with Crippen LogP contribution in [0.4, 0.5) is 4.39 Å². The van der Waals surface area contributed by atoms with Gasteiger partial charge in [0, 0.05) is 44.4 Å². The van der Waals surface area contributed by atoms with Gasteiger partial charge in [-0.3, -0.25) is 14.5 Å². The summed E-state index contributed by atoms with van der Waals surface area (Å²) in [4.78, 5) is 27.6. The monoisotopic (exact) mass is 333 g/mol. The van der Waals surface area contributed by atoms with E-state index in [0.717, 1.165) is 6.42 Å². The Balaban J connectivity index is 1.78. The van der Waals surface area contributed by atoms with Gasteiger partial charge >= 0.3 is 0 Å². The molecule has 5 nitrogen and oxygen atoms in total. The zero-order valence-corrected chi connectivity index (χ0v) is 14.0. The van der Waals surface area contributed by atoms with E-state index < -0.39 is 0 Å². The summed E-state index contributed by atoms with van der Waals surface area (Å²) in [6.07, 6.45) is 3.83. The standard InChI is InChI=1S/C18H24FN3O2/c1-2-9-20-17(23)14-21-10-12-22(13-11-21)18(24)8-7-15-5-3-4-6-16(15)19/h3-8H,2,9-14H2,1H3,(H,20,23)/b8-7+. The highest BCUT2D eigenvalue weighted by Crippen LogP contribution is 2.09. The molecule has 0 aliphatic carbocycles. The third-order valence-corrected chi connectivity index (χ3v) is 3.93. The van der Waals surface area contributed by atoms with Crippen LogP contribution in [0.3, 0.4) is 0 Å². The van der Waals surface area contributed by atoms with Crippen LogP contribution in [-0.2, 0) is 9.59 Å². The van der Waals surface area contributed by atoms with Crippen LogP contribution in [0.2, 0.25) is 0 Å². The van der Waals surface area contributed by atoms with Gasteiger partial charge in [0.15, 0.2) is 0 Å². The first kappa shape index (κ1) is 18.1. The number of hydrogen-bond donors (Lipinski definition) is 1. The van der Waals surface area contributed by atoms with E-state index in [2.05, 4.69) is 5.32 Å². The van der Waals surface area contributed by atoms with Gasteiger partial charge < -0.3 is 10.2 Å². The molecule has 130 valence electrons. The Labute approximate surface area is 142 Å². The minimum Gasteiger partial charge on any atom is -0.355 e. The van der Waals surface area contributed by atoms with Crippen molar-refractivity contribution in [3.05, 3.63) is 41.7 Å². The van der Waals surface area contributed by atoms with Gasteiger partial charge in [-0.25, -0.2) is 4.39 Å².